The molecule has 0 unspecified atom stereocenters. The molecule has 1 aliphatic rings. The number of nitriles is 1. The van der Waals surface area contributed by atoms with Crippen LogP contribution in [0.4, 0.5) is 0 Å². The SMILES string of the molecule is N#CC1(NC(=O)C(Cl)Cl)CCCC1. The first kappa shape index (κ1) is 10.6. The van der Waals surface area contributed by atoms with Gasteiger partial charge in [-0.3, -0.25) is 4.79 Å². The average molecular weight is 221 g/mol. The molecule has 0 aromatic heterocycles. The van der Waals surface area contributed by atoms with E-state index < -0.39 is 16.3 Å². The van der Waals surface area contributed by atoms with Gasteiger partial charge in [0, 0.05) is 0 Å². The van der Waals surface area contributed by atoms with Crippen LogP contribution in [0.25, 0.3) is 0 Å². The first-order valence-electron chi connectivity index (χ1n) is 4.11. The number of alkyl halides is 2. The van der Waals surface area contributed by atoms with E-state index >= 15 is 0 Å². The Morgan fingerprint density at radius 3 is 2.38 bits per heavy atom. The van der Waals surface area contributed by atoms with Gasteiger partial charge in [0.2, 0.25) is 0 Å². The molecule has 13 heavy (non-hydrogen) atoms. The third-order valence-electron chi connectivity index (χ3n) is 2.23. The molecule has 0 aromatic carbocycles. The maximum absolute atomic E-state index is 11.1. The molecule has 0 aliphatic heterocycles. The second-order valence-corrected chi connectivity index (χ2v) is 4.29. The molecule has 1 aliphatic carbocycles. The summed E-state index contributed by atoms with van der Waals surface area (Å²) in [7, 11) is 0. The van der Waals surface area contributed by atoms with Crippen LogP contribution in [-0.4, -0.2) is 16.3 Å². The largest absolute Gasteiger partial charge is 0.335 e. The summed E-state index contributed by atoms with van der Waals surface area (Å²) in [6.07, 6.45) is 3.30. The van der Waals surface area contributed by atoms with Gasteiger partial charge >= 0.3 is 0 Å². The zero-order valence-corrected chi connectivity index (χ0v) is 8.53. The van der Waals surface area contributed by atoms with Crippen LogP contribution in [0.5, 0.6) is 0 Å². The van der Waals surface area contributed by atoms with Gasteiger partial charge in [-0.05, 0) is 25.7 Å². The predicted molar refractivity (Wildman–Crippen MR) is 50.4 cm³/mol. The van der Waals surface area contributed by atoms with E-state index in [4.69, 9.17) is 28.5 Å². The van der Waals surface area contributed by atoms with Crippen LogP contribution in [0.3, 0.4) is 0 Å². The molecule has 1 rings (SSSR count). The third kappa shape index (κ3) is 2.49. The summed E-state index contributed by atoms with van der Waals surface area (Å²) in [6, 6.07) is 2.11. The molecular formula is C8H10Cl2N2O. The maximum atomic E-state index is 11.1. The van der Waals surface area contributed by atoms with Gasteiger partial charge in [-0.15, -0.1) is 0 Å². The normalized spacial score (nSPS) is 19.8. The van der Waals surface area contributed by atoms with E-state index in [2.05, 4.69) is 11.4 Å². The predicted octanol–water partition coefficient (Wildman–Crippen LogP) is 1.74. The summed E-state index contributed by atoms with van der Waals surface area (Å²) >= 11 is 10.7. The fourth-order valence-electron chi connectivity index (χ4n) is 1.53. The number of halogens is 2. The summed E-state index contributed by atoms with van der Waals surface area (Å²) in [5, 5.41) is 11.5. The Balaban J connectivity index is 2.60. The van der Waals surface area contributed by atoms with Crippen molar-refractivity contribution in [3.8, 4) is 6.07 Å². The van der Waals surface area contributed by atoms with Crippen LogP contribution in [-0.2, 0) is 4.79 Å². The summed E-state index contributed by atoms with van der Waals surface area (Å²) < 4.78 is 0. The van der Waals surface area contributed by atoms with E-state index in [1.54, 1.807) is 0 Å². The number of amides is 1. The Morgan fingerprint density at radius 1 is 1.46 bits per heavy atom. The number of nitrogens with zero attached hydrogens (tertiary/aromatic N) is 1. The molecule has 5 heteroatoms. The fourth-order valence-corrected chi connectivity index (χ4v) is 1.64. The monoisotopic (exact) mass is 220 g/mol. The molecule has 0 atom stereocenters. The summed E-state index contributed by atoms with van der Waals surface area (Å²) in [5.41, 5.74) is -0.723. The van der Waals surface area contributed by atoms with Crippen molar-refractivity contribution in [2.24, 2.45) is 0 Å². The number of hydrogen-bond donors (Lipinski definition) is 1. The van der Waals surface area contributed by atoms with Gasteiger partial charge in [0.15, 0.2) is 4.84 Å². The van der Waals surface area contributed by atoms with Gasteiger partial charge in [-0.25, -0.2) is 0 Å². The highest BCUT2D eigenvalue weighted by atomic mass is 35.5. The lowest BCUT2D eigenvalue weighted by molar-refractivity contribution is -0.120. The zero-order valence-electron chi connectivity index (χ0n) is 7.02. The van der Waals surface area contributed by atoms with Crippen molar-refractivity contribution < 1.29 is 4.79 Å². The first-order chi connectivity index (χ1) is 6.09. The van der Waals surface area contributed by atoms with Crippen LogP contribution < -0.4 is 5.32 Å². The highest BCUT2D eigenvalue weighted by Crippen LogP contribution is 2.29. The molecule has 1 amide bonds. The molecule has 3 nitrogen and oxygen atoms in total. The molecule has 1 N–H and O–H groups in total. The molecule has 0 bridgehead atoms. The van der Waals surface area contributed by atoms with E-state index in [0.29, 0.717) is 12.8 Å². The van der Waals surface area contributed by atoms with E-state index in [1.807, 2.05) is 0 Å². The molecule has 0 spiro atoms. The number of hydrogen-bond acceptors (Lipinski definition) is 2. The van der Waals surface area contributed by atoms with E-state index in [9.17, 15) is 4.79 Å². The molecule has 0 aromatic rings. The van der Waals surface area contributed by atoms with Crippen LogP contribution >= 0.6 is 23.2 Å². The van der Waals surface area contributed by atoms with Crippen molar-refractivity contribution in [3.63, 3.8) is 0 Å². The lowest BCUT2D eigenvalue weighted by Crippen LogP contribution is -2.47. The minimum Gasteiger partial charge on any atom is -0.335 e. The highest BCUT2D eigenvalue weighted by molar-refractivity contribution is 6.53. The molecule has 72 valence electrons. The Bertz CT molecular complexity index is 241. The second-order valence-electron chi connectivity index (χ2n) is 3.19. The second kappa shape index (κ2) is 4.17. The smallest absolute Gasteiger partial charge is 0.254 e. The Kier molecular flexibility index (Phi) is 3.40. The van der Waals surface area contributed by atoms with E-state index in [0.717, 1.165) is 12.8 Å². The van der Waals surface area contributed by atoms with Gasteiger partial charge in [-0.1, -0.05) is 23.2 Å². The van der Waals surface area contributed by atoms with Gasteiger partial charge in [-0.2, -0.15) is 5.26 Å². The molecule has 1 saturated carbocycles. The Morgan fingerprint density at radius 2 is 2.00 bits per heavy atom. The molecule has 0 heterocycles. The van der Waals surface area contributed by atoms with Crippen molar-refractivity contribution in [3.05, 3.63) is 0 Å². The van der Waals surface area contributed by atoms with Gasteiger partial charge in [0.05, 0.1) is 6.07 Å². The summed E-state index contributed by atoms with van der Waals surface area (Å²) in [6.45, 7) is 0. The standard InChI is InChI=1S/C8H10Cl2N2O/c9-6(10)7(13)12-8(5-11)3-1-2-4-8/h6H,1-4H2,(H,12,13). The van der Waals surface area contributed by atoms with Crippen LogP contribution in [0, 0.1) is 11.3 Å². The van der Waals surface area contributed by atoms with E-state index in [-0.39, 0.29) is 0 Å². The Labute approximate surface area is 87.0 Å². The molecule has 0 saturated heterocycles. The number of rotatable bonds is 2. The Hall–Kier alpha value is -0.460. The third-order valence-corrected chi connectivity index (χ3v) is 2.63. The molecule has 1 fully saturated rings. The number of carbonyl (C=O) groups is 1. The summed E-state index contributed by atoms with van der Waals surface area (Å²) in [5.74, 6) is -0.480. The molecule has 0 radical (unpaired) electrons. The lowest BCUT2D eigenvalue weighted by atomic mass is 10.0. The van der Waals surface area contributed by atoms with Gasteiger partial charge in [0.1, 0.15) is 5.54 Å². The number of carbonyl (C=O) groups excluding carboxylic acids is 1. The van der Waals surface area contributed by atoms with Crippen molar-refractivity contribution >= 4 is 29.1 Å². The quantitative estimate of drug-likeness (QED) is 0.722. The maximum Gasteiger partial charge on any atom is 0.254 e. The van der Waals surface area contributed by atoms with Gasteiger partial charge < -0.3 is 5.32 Å². The minimum atomic E-state index is -1.09. The van der Waals surface area contributed by atoms with Crippen molar-refractivity contribution in [1.82, 2.24) is 5.32 Å². The van der Waals surface area contributed by atoms with Crippen LogP contribution in [0.1, 0.15) is 25.7 Å². The van der Waals surface area contributed by atoms with Gasteiger partial charge in [0.25, 0.3) is 5.91 Å². The number of nitrogens with one attached hydrogen (secondary N) is 1. The summed E-state index contributed by atoms with van der Waals surface area (Å²) in [4.78, 5) is 10.0. The van der Waals surface area contributed by atoms with Crippen molar-refractivity contribution in [1.29, 1.82) is 5.26 Å². The van der Waals surface area contributed by atoms with Crippen LogP contribution in [0.2, 0.25) is 0 Å². The zero-order chi connectivity index (χ0) is 9.90. The van der Waals surface area contributed by atoms with Crippen LogP contribution in [0.15, 0.2) is 0 Å². The van der Waals surface area contributed by atoms with Crippen molar-refractivity contribution in [2.45, 2.75) is 36.1 Å². The lowest BCUT2D eigenvalue weighted by Gasteiger charge is -2.22. The highest BCUT2D eigenvalue weighted by Gasteiger charge is 2.36. The first-order valence-corrected chi connectivity index (χ1v) is 4.98. The average Bonchev–Trinajstić information content (AvgIpc) is 2.54. The van der Waals surface area contributed by atoms with E-state index in [1.165, 1.54) is 0 Å². The molecular weight excluding hydrogens is 211 g/mol. The van der Waals surface area contributed by atoms with Crippen molar-refractivity contribution in [2.75, 3.05) is 0 Å². The fraction of sp³-hybridized carbons (Fsp3) is 0.750. The topological polar surface area (TPSA) is 52.9 Å². The minimum absolute atomic E-state index is 0.480.